The minimum Gasteiger partial charge on any atom is -0.346 e. The first-order valence-electron chi connectivity index (χ1n) is 9.07. The highest BCUT2D eigenvalue weighted by atomic mass is 35.5. The molecule has 1 amide bonds. The normalized spacial score (nSPS) is 25.2. The Hall–Kier alpha value is -1.30. The second-order valence-corrected chi connectivity index (χ2v) is 7.49. The van der Waals surface area contributed by atoms with Gasteiger partial charge in [0.1, 0.15) is 5.82 Å². The quantitative estimate of drug-likeness (QED) is 0.827. The molecule has 7 heteroatoms. The van der Waals surface area contributed by atoms with E-state index in [9.17, 15) is 4.79 Å². The van der Waals surface area contributed by atoms with E-state index < -0.39 is 0 Å². The monoisotopic (exact) mass is 398 g/mol. The minimum atomic E-state index is -0.0756. The molecule has 3 atom stereocenters. The fourth-order valence-corrected chi connectivity index (χ4v) is 4.52. The molecule has 2 fully saturated rings. The highest BCUT2D eigenvalue weighted by Crippen LogP contribution is 2.32. The summed E-state index contributed by atoms with van der Waals surface area (Å²) in [6.07, 6.45) is 5.48. The van der Waals surface area contributed by atoms with E-state index in [2.05, 4.69) is 26.3 Å². The lowest BCUT2D eigenvalue weighted by atomic mass is 9.89. The number of nitrogens with zero attached hydrogens (tertiary/aromatic N) is 2. The van der Waals surface area contributed by atoms with Gasteiger partial charge < -0.3 is 15.2 Å². The maximum Gasteiger partial charge on any atom is 0.220 e. The lowest BCUT2D eigenvalue weighted by molar-refractivity contribution is -0.123. The second-order valence-electron chi connectivity index (χ2n) is 7.49. The fourth-order valence-electron chi connectivity index (χ4n) is 4.52. The van der Waals surface area contributed by atoms with Crippen molar-refractivity contribution < 1.29 is 4.79 Å². The first-order valence-corrected chi connectivity index (χ1v) is 9.07. The van der Waals surface area contributed by atoms with Crippen molar-refractivity contribution in [3.8, 4) is 0 Å². The van der Waals surface area contributed by atoms with Gasteiger partial charge in [-0.15, -0.1) is 24.8 Å². The van der Waals surface area contributed by atoms with E-state index in [1.54, 1.807) is 0 Å². The molecule has 1 aromatic carbocycles. The number of carbonyl (C=O) groups is 1. The van der Waals surface area contributed by atoms with Gasteiger partial charge in [0.25, 0.3) is 0 Å². The summed E-state index contributed by atoms with van der Waals surface area (Å²) in [6, 6.07) is 9.28. The number of aromatic nitrogens is 2. The van der Waals surface area contributed by atoms with Crippen LogP contribution in [-0.4, -0.2) is 27.5 Å². The summed E-state index contributed by atoms with van der Waals surface area (Å²) in [5, 5.41) is 6.79. The van der Waals surface area contributed by atoms with Crippen LogP contribution < -0.4 is 10.6 Å². The molecule has 2 aliphatic rings. The lowest BCUT2D eigenvalue weighted by Crippen LogP contribution is -2.40. The summed E-state index contributed by atoms with van der Waals surface area (Å²) in [7, 11) is 2.01. The van der Waals surface area contributed by atoms with Crippen molar-refractivity contribution in [1.29, 1.82) is 0 Å². The number of fused-ring (bicyclic) bond motifs is 3. The zero-order valence-electron chi connectivity index (χ0n) is 15.3. The molecule has 5 nitrogen and oxygen atoms in total. The Bertz CT molecular complexity index is 751. The molecule has 2 aliphatic heterocycles. The Kier molecular flexibility index (Phi) is 6.94. The lowest BCUT2D eigenvalue weighted by Gasteiger charge is -2.29. The average molecular weight is 399 g/mol. The zero-order valence-corrected chi connectivity index (χ0v) is 16.9. The third kappa shape index (κ3) is 4.16. The molecular weight excluding hydrogens is 371 g/mol. The van der Waals surface area contributed by atoms with E-state index in [-0.39, 0.29) is 36.8 Å². The highest BCUT2D eigenvalue weighted by molar-refractivity contribution is 5.85. The van der Waals surface area contributed by atoms with Crippen LogP contribution in [0.15, 0.2) is 24.3 Å². The van der Waals surface area contributed by atoms with E-state index in [4.69, 9.17) is 0 Å². The molecule has 0 radical (unpaired) electrons. The van der Waals surface area contributed by atoms with Gasteiger partial charge in [-0.05, 0) is 50.7 Å². The molecule has 1 aromatic heterocycles. The van der Waals surface area contributed by atoms with Crippen LogP contribution >= 0.6 is 24.8 Å². The van der Waals surface area contributed by atoms with Crippen molar-refractivity contribution in [1.82, 2.24) is 20.2 Å². The molecule has 26 heavy (non-hydrogen) atoms. The SMILES string of the molecule is CC(NC(=O)CC1CC2CCC(C1)N2)c1nc2ccccc2n1C.Cl.Cl. The number of imidazole rings is 1. The Labute approximate surface area is 167 Å². The Morgan fingerprint density at radius 3 is 2.58 bits per heavy atom. The molecule has 0 spiro atoms. The number of piperidine rings is 1. The summed E-state index contributed by atoms with van der Waals surface area (Å²) in [4.78, 5) is 17.2. The van der Waals surface area contributed by atoms with Gasteiger partial charge in [-0.25, -0.2) is 4.98 Å². The molecule has 0 aliphatic carbocycles. The Balaban J connectivity index is 0.00000121. The van der Waals surface area contributed by atoms with Crippen LogP contribution in [0.4, 0.5) is 0 Å². The standard InChI is InChI=1S/C19H26N4O.2ClH/c1-12(19-22-16-5-3-4-6-17(16)23(19)2)20-18(24)11-13-9-14-7-8-15(10-13)21-14;;/h3-6,12-15,21H,7-11H2,1-2H3,(H,20,24);2*1H. The molecule has 144 valence electrons. The number of rotatable bonds is 4. The molecule has 2 saturated heterocycles. The summed E-state index contributed by atoms with van der Waals surface area (Å²) in [5.74, 6) is 1.59. The van der Waals surface area contributed by atoms with Crippen molar-refractivity contribution in [3.63, 3.8) is 0 Å². The predicted octanol–water partition coefficient (Wildman–Crippen LogP) is 3.51. The van der Waals surface area contributed by atoms with Crippen molar-refractivity contribution in [3.05, 3.63) is 30.1 Å². The number of hydrogen-bond donors (Lipinski definition) is 2. The van der Waals surface area contributed by atoms with Crippen LogP contribution in [-0.2, 0) is 11.8 Å². The topological polar surface area (TPSA) is 59.0 Å². The third-order valence-electron chi connectivity index (χ3n) is 5.63. The molecule has 2 N–H and O–H groups in total. The van der Waals surface area contributed by atoms with Gasteiger partial charge in [-0.1, -0.05) is 12.1 Å². The third-order valence-corrected chi connectivity index (χ3v) is 5.63. The van der Waals surface area contributed by atoms with Gasteiger partial charge in [-0.2, -0.15) is 0 Å². The highest BCUT2D eigenvalue weighted by Gasteiger charge is 2.34. The number of aryl methyl sites for hydroxylation is 1. The zero-order chi connectivity index (χ0) is 16.7. The van der Waals surface area contributed by atoms with Gasteiger partial charge in [0.05, 0.1) is 17.1 Å². The van der Waals surface area contributed by atoms with E-state index in [1.165, 1.54) is 12.8 Å². The van der Waals surface area contributed by atoms with Crippen molar-refractivity contribution in [2.45, 2.75) is 57.2 Å². The summed E-state index contributed by atoms with van der Waals surface area (Å²) >= 11 is 0. The molecule has 3 heterocycles. The van der Waals surface area contributed by atoms with Gasteiger partial charge in [0, 0.05) is 25.6 Å². The molecule has 0 saturated carbocycles. The first-order chi connectivity index (χ1) is 11.6. The predicted molar refractivity (Wildman–Crippen MR) is 109 cm³/mol. The van der Waals surface area contributed by atoms with Crippen LogP contribution in [0, 0.1) is 5.92 Å². The number of carbonyl (C=O) groups excluding carboxylic acids is 1. The van der Waals surface area contributed by atoms with Crippen LogP contribution in [0.25, 0.3) is 11.0 Å². The van der Waals surface area contributed by atoms with Crippen molar-refractivity contribution >= 4 is 41.8 Å². The molecule has 2 bridgehead atoms. The number of halogens is 2. The molecule has 2 aromatic rings. The summed E-state index contributed by atoms with van der Waals surface area (Å²) < 4.78 is 2.07. The first kappa shape index (κ1) is 21.0. The van der Waals surface area contributed by atoms with Crippen LogP contribution in [0.5, 0.6) is 0 Å². The van der Waals surface area contributed by atoms with Crippen LogP contribution in [0.2, 0.25) is 0 Å². The van der Waals surface area contributed by atoms with Gasteiger partial charge in [0.15, 0.2) is 0 Å². The van der Waals surface area contributed by atoms with Crippen LogP contribution in [0.3, 0.4) is 0 Å². The van der Waals surface area contributed by atoms with E-state index in [1.807, 2.05) is 32.2 Å². The largest absolute Gasteiger partial charge is 0.346 e. The maximum absolute atomic E-state index is 12.5. The summed E-state index contributed by atoms with van der Waals surface area (Å²) in [6.45, 7) is 2.02. The van der Waals surface area contributed by atoms with Crippen LogP contribution in [0.1, 0.15) is 50.9 Å². The average Bonchev–Trinajstić information content (AvgIpc) is 3.07. The van der Waals surface area contributed by atoms with Crippen molar-refractivity contribution in [2.24, 2.45) is 13.0 Å². The van der Waals surface area contributed by atoms with Gasteiger partial charge in [0.2, 0.25) is 5.91 Å². The summed E-state index contributed by atoms with van der Waals surface area (Å²) in [5.41, 5.74) is 2.08. The maximum atomic E-state index is 12.5. The molecule has 4 rings (SSSR count). The van der Waals surface area contributed by atoms with E-state index >= 15 is 0 Å². The van der Waals surface area contributed by atoms with Gasteiger partial charge >= 0.3 is 0 Å². The molecular formula is C19H28Cl2N4O. The van der Waals surface area contributed by atoms with Crippen molar-refractivity contribution in [2.75, 3.05) is 0 Å². The number of amides is 1. The smallest absolute Gasteiger partial charge is 0.220 e. The van der Waals surface area contributed by atoms with E-state index in [0.717, 1.165) is 29.7 Å². The number of benzene rings is 1. The van der Waals surface area contributed by atoms with E-state index in [0.29, 0.717) is 24.4 Å². The number of hydrogen-bond acceptors (Lipinski definition) is 3. The number of nitrogens with one attached hydrogen (secondary N) is 2. The minimum absolute atomic E-state index is 0. The second kappa shape index (κ2) is 8.59. The fraction of sp³-hybridized carbons (Fsp3) is 0.579. The Morgan fingerprint density at radius 2 is 1.92 bits per heavy atom. The molecule has 3 unspecified atom stereocenters. The Morgan fingerprint density at radius 1 is 1.27 bits per heavy atom. The van der Waals surface area contributed by atoms with Gasteiger partial charge in [-0.3, -0.25) is 4.79 Å². The number of para-hydroxylation sites is 2.